The predicted octanol–water partition coefficient (Wildman–Crippen LogP) is 3.23. The van der Waals surface area contributed by atoms with Crippen molar-refractivity contribution in [2.75, 3.05) is 17.3 Å². The number of carbonyl (C=O) groups is 1. The second-order valence-electron chi connectivity index (χ2n) is 3.67. The van der Waals surface area contributed by atoms with Gasteiger partial charge >= 0.3 is 5.97 Å². The fraction of sp³-hybridized carbons (Fsp3) is 0.417. The quantitative estimate of drug-likeness (QED) is 0.798. The lowest BCUT2D eigenvalue weighted by Crippen LogP contribution is -2.26. The van der Waals surface area contributed by atoms with E-state index in [1.807, 2.05) is 23.9 Å². The molecular formula is C12H13ClO2S2. The van der Waals surface area contributed by atoms with Crippen molar-refractivity contribution in [3.8, 4) is 0 Å². The first kappa shape index (κ1) is 13.1. The highest BCUT2D eigenvalue weighted by Gasteiger charge is 2.23. The van der Waals surface area contributed by atoms with Gasteiger partial charge in [0.15, 0.2) is 0 Å². The summed E-state index contributed by atoms with van der Waals surface area (Å²) < 4.78 is 5.29. The van der Waals surface area contributed by atoms with Crippen molar-refractivity contribution >= 4 is 41.1 Å². The minimum Gasteiger partial charge on any atom is -0.460 e. The largest absolute Gasteiger partial charge is 0.460 e. The van der Waals surface area contributed by atoms with Gasteiger partial charge in [0.1, 0.15) is 11.9 Å². The monoisotopic (exact) mass is 288 g/mol. The van der Waals surface area contributed by atoms with Crippen LogP contribution in [-0.4, -0.2) is 28.5 Å². The summed E-state index contributed by atoms with van der Waals surface area (Å²) in [5, 5.41) is 0.695. The summed E-state index contributed by atoms with van der Waals surface area (Å²) in [5.74, 6) is 2.93. The zero-order valence-corrected chi connectivity index (χ0v) is 11.6. The molecule has 0 N–H and O–H groups in total. The van der Waals surface area contributed by atoms with Crippen LogP contribution in [0.25, 0.3) is 0 Å². The zero-order valence-electron chi connectivity index (χ0n) is 9.23. The smallest absolute Gasteiger partial charge is 0.320 e. The SMILES string of the molecule is O=C(OCc1ccc(Cl)cc1)C1CSCCS1. The van der Waals surface area contributed by atoms with Gasteiger partial charge in [-0.15, -0.1) is 11.8 Å². The Bertz CT molecular complexity index is 375. The fourth-order valence-electron chi connectivity index (χ4n) is 1.45. The molecule has 0 amide bonds. The van der Waals surface area contributed by atoms with Gasteiger partial charge in [-0.1, -0.05) is 23.7 Å². The Kier molecular flexibility index (Phi) is 5.07. The van der Waals surface area contributed by atoms with Crippen LogP contribution in [0.3, 0.4) is 0 Å². The Morgan fingerprint density at radius 3 is 2.76 bits per heavy atom. The lowest BCUT2D eigenvalue weighted by Gasteiger charge is -2.19. The molecule has 0 radical (unpaired) electrons. The molecule has 1 unspecified atom stereocenters. The van der Waals surface area contributed by atoms with Crippen LogP contribution >= 0.6 is 35.1 Å². The molecule has 1 saturated heterocycles. The number of thioether (sulfide) groups is 2. The van der Waals surface area contributed by atoms with Crippen LogP contribution in [0.4, 0.5) is 0 Å². The van der Waals surface area contributed by atoms with Crippen LogP contribution in [0, 0.1) is 0 Å². The third-order valence-electron chi connectivity index (χ3n) is 2.37. The van der Waals surface area contributed by atoms with Crippen molar-refractivity contribution in [1.82, 2.24) is 0 Å². The molecule has 0 aromatic heterocycles. The molecular weight excluding hydrogens is 276 g/mol. The molecule has 0 aliphatic carbocycles. The van der Waals surface area contributed by atoms with Crippen molar-refractivity contribution in [1.29, 1.82) is 0 Å². The predicted molar refractivity (Wildman–Crippen MR) is 74.8 cm³/mol. The summed E-state index contributed by atoms with van der Waals surface area (Å²) in [6.45, 7) is 0.331. The summed E-state index contributed by atoms with van der Waals surface area (Å²) in [7, 11) is 0. The normalized spacial score (nSPS) is 19.9. The summed E-state index contributed by atoms with van der Waals surface area (Å²) in [6.07, 6.45) is 0. The fourth-order valence-corrected chi connectivity index (χ4v) is 4.11. The Labute approximate surface area is 114 Å². The molecule has 1 aromatic carbocycles. The first-order valence-corrected chi connectivity index (χ1v) is 7.94. The zero-order chi connectivity index (χ0) is 12.1. The summed E-state index contributed by atoms with van der Waals surface area (Å²) in [5.41, 5.74) is 0.969. The van der Waals surface area contributed by atoms with Gasteiger partial charge in [-0.2, -0.15) is 11.8 Å². The van der Waals surface area contributed by atoms with Crippen molar-refractivity contribution in [2.45, 2.75) is 11.9 Å². The molecule has 2 rings (SSSR count). The van der Waals surface area contributed by atoms with Gasteiger partial charge in [-0.25, -0.2) is 0 Å². The molecule has 92 valence electrons. The highest BCUT2D eigenvalue weighted by molar-refractivity contribution is 8.07. The number of esters is 1. The molecule has 2 nitrogen and oxygen atoms in total. The van der Waals surface area contributed by atoms with E-state index in [2.05, 4.69) is 0 Å². The Hall–Kier alpha value is -0.320. The standard InChI is InChI=1S/C12H13ClO2S2/c13-10-3-1-9(2-4-10)7-15-12(14)11-8-16-5-6-17-11/h1-4,11H,5-8H2. The number of hydrogen-bond donors (Lipinski definition) is 0. The molecule has 1 fully saturated rings. The van der Waals surface area contributed by atoms with E-state index in [4.69, 9.17) is 16.3 Å². The van der Waals surface area contributed by atoms with Crippen molar-refractivity contribution in [3.05, 3.63) is 34.9 Å². The lowest BCUT2D eigenvalue weighted by atomic mass is 10.2. The molecule has 1 aliphatic rings. The molecule has 17 heavy (non-hydrogen) atoms. The maximum Gasteiger partial charge on any atom is 0.320 e. The van der Waals surface area contributed by atoms with Gasteiger partial charge in [0.25, 0.3) is 0 Å². The van der Waals surface area contributed by atoms with Gasteiger partial charge in [-0.3, -0.25) is 4.79 Å². The summed E-state index contributed by atoms with van der Waals surface area (Å²) in [4.78, 5) is 11.8. The summed E-state index contributed by atoms with van der Waals surface area (Å²) in [6, 6.07) is 7.35. The highest BCUT2D eigenvalue weighted by atomic mass is 35.5. The summed E-state index contributed by atoms with van der Waals surface area (Å²) >= 11 is 9.29. The average Bonchev–Trinajstić information content (AvgIpc) is 2.39. The van der Waals surface area contributed by atoms with Gasteiger partial charge in [0.2, 0.25) is 0 Å². The van der Waals surface area contributed by atoms with E-state index in [1.165, 1.54) is 0 Å². The van der Waals surface area contributed by atoms with Crippen molar-refractivity contribution in [2.24, 2.45) is 0 Å². The van der Waals surface area contributed by atoms with E-state index in [1.54, 1.807) is 23.9 Å². The molecule has 1 aromatic rings. The van der Waals surface area contributed by atoms with Crippen LogP contribution in [0.2, 0.25) is 5.02 Å². The van der Waals surface area contributed by atoms with Gasteiger partial charge < -0.3 is 4.74 Å². The minimum atomic E-state index is -0.0999. The van der Waals surface area contributed by atoms with E-state index in [0.717, 1.165) is 22.8 Å². The number of hydrogen-bond acceptors (Lipinski definition) is 4. The first-order valence-electron chi connectivity index (χ1n) is 5.36. The topological polar surface area (TPSA) is 26.3 Å². The van der Waals surface area contributed by atoms with Crippen molar-refractivity contribution < 1.29 is 9.53 Å². The number of benzene rings is 1. The van der Waals surface area contributed by atoms with Gasteiger partial charge in [-0.05, 0) is 17.7 Å². The molecule has 1 atom stereocenters. The third kappa shape index (κ3) is 4.12. The van der Waals surface area contributed by atoms with E-state index in [-0.39, 0.29) is 11.2 Å². The lowest BCUT2D eigenvalue weighted by molar-refractivity contribution is -0.143. The third-order valence-corrected chi connectivity index (χ3v) is 5.36. The Balaban J connectivity index is 1.81. The van der Waals surface area contributed by atoms with Crippen LogP contribution in [0.5, 0.6) is 0 Å². The second kappa shape index (κ2) is 6.57. The van der Waals surface area contributed by atoms with Crippen LogP contribution in [-0.2, 0) is 16.1 Å². The Morgan fingerprint density at radius 2 is 2.12 bits per heavy atom. The van der Waals surface area contributed by atoms with Crippen molar-refractivity contribution in [3.63, 3.8) is 0 Å². The maximum atomic E-state index is 11.8. The number of rotatable bonds is 3. The van der Waals surface area contributed by atoms with E-state index >= 15 is 0 Å². The van der Waals surface area contributed by atoms with Crippen LogP contribution < -0.4 is 0 Å². The van der Waals surface area contributed by atoms with E-state index in [9.17, 15) is 4.79 Å². The minimum absolute atomic E-state index is 0.000972. The van der Waals surface area contributed by atoms with Gasteiger partial charge in [0.05, 0.1) is 0 Å². The Morgan fingerprint density at radius 1 is 1.35 bits per heavy atom. The van der Waals surface area contributed by atoms with Gasteiger partial charge in [0, 0.05) is 22.3 Å². The molecule has 5 heteroatoms. The number of ether oxygens (including phenoxy) is 1. The average molecular weight is 289 g/mol. The molecule has 0 spiro atoms. The van der Waals surface area contributed by atoms with E-state index in [0.29, 0.717) is 11.6 Å². The molecule has 0 bridgehead atoms. The first-order chi connectivity index (χ1) is 8.25. The number of halogens is 1. The maximum absolute atomic E-state index is 11.8. The van der Waals surface area contributed by atoms with Crippen LogP contribution in [0.1, 0.15) is 5.56 Å². The number of carbonyl (C=O) groups excluding carboxylic acids is 1. The highest BCUT2D eigenvalue weighted by Crippen LogP contribution is 2.25. The van der Waals surface area contributed by atoms with E-state index < -0.39 is 0 Å². The second-order valence-corrected chi connectivity index (χ2v) is 6.57. The molecule has 0 saturated carbocycles. The van der Waals surface area contributed by atoms with Crippen LogP contribution in [0.15, 0.2) is 24.3 Å². The molecule has 1 heterocycles. The molecule has 1 aliphatic heterocycles.